The number of rotatable bonds is 11. The van der Waals surface area contributed by atoms with E-state index in [0.29, 0.717) is 32.1 Å². The van der Waals surface area contributed by atoms with Crippen molar-refractivity contribution in [3.05, 3.63) is 57.9 Å². The molecule has 0 aliphatic carbocycles. The molecule has 0 saturated carbocycles. The van der Waals surface area contributed by atoms with Gasteiger partial charge in [0.05, 0.1) is 31.3 Å². The number of alkyl halides is 3. The highest BCUT2D eigenvalue weighted by atomic mass is 19.4. The first-order valence-electron chi connectivity index (χ1n) is 10.6. The number of nitrogens with zero attached hydrogens (tertiary/aromatic N) is 1. The Morgan fingerprint density at radius 1 is 0.943 bits per heavy atom. The number of aromatic hydroxyl groups is 1. The van der Waals surface area contributed by atoms with Crippen LogP contribution in [0.2, 0.25) is 0 Å². The molecular formula is C24H26F3NO7. The summed E-state index contributed by atoms with van der Waals surface area (Å²) >= 11 is 0. The minimum atomic E-state index is -5.04. The van der Waals surface area contributed by atoms with Gasteiger partial charge in [-0.15, -0.1) is 0 Å². The predicted molar refractivity (Wildman–Crippen MR) is 121 cm³/mol. The van der Waals surface area contributed by atoms with Gasteiger partial charge in [-0.25, -0.2) is 0 Å². The van der Waals surface area contributed by atoms with Crippen LogP contribution in [0.5, 0.6) is 23.0 Å². The molecule has 1 aromatic heterocycles. The summed E-state index contributed by atoms with van der Waals surface area (Å²) in [7, 11) is 4.47. The first-order chi connectivity index (χ1) is 16.7. The third-order valence-electron chi connectivity index (χ3n) is 5.24. The summed E-state index contributed by atoms with van der Waals surface area (Å²) in [5.74, 6) is -2.45. The highest BCUT2D eigenvalue weighted by Crippen LogP contribution is 2.40. The first-order valence-corrected chi connectivity index (χ1v) is 10.6. The van der Waals surface area contributed by atoms with Crippen molar-refractivity contribution in [3.63, 3.8) is 0 Å². The van der Waals surface area contributed by atoms with Gasteiger partial charge in [0.2, 0.25) is 11.2 Å². The number of ether oxygens (including phenoxy) is 4. The molecule has 0 radical (unpaired) electrons. The Kier molecular flexibility index (Phi) is 8.60. The SMILES string of the molecule is COCCN(CCOC)Cc1c(O)ccc2c(=O)c(Oc3ccc(OC)cc3)c(C(F)(F)F)oc12. The minimum absolute atomic E-state index is 0.00514. The number of methoxy groups -OCH3 is 3. The van der Waals surface area contributed by atoms with Crippen molar-refractivity contribution in [3.8, 4) is 23.0 Å². The molecule has 0 amide bonds. The third-order valence-corrected chi connectivity index (χ3v) is 5.24. The van der Waals surface area contributed by atoms with Crippen molar-refractivity contribution in [1.82, 2.24) is 4.90 Å². The molecule has 3 rings (SSSR count). The number of phenols is 1. The zero-order chi connectivity index (χ0) is 25.6. The van der Waals surface area contributed by atoms with Gasteiger partial charge in [0.25, 0.3) is 5.76 Å². The number of benzene rings is 2. The third kappa shape index (κ3) is 6.24. The average molecular weight is 497 g/mol. The summed E-state index contributed by atoms with van der Waals surface area (Å²) in [5, 5.41) is 10.3. The average Bonchev–Trinajstić information content (AvgIpc) is 2.83. The van der Waals surface area contributed by atoms with Gasteiger partial charge in [0, 0.05) is 33.9 Å². The lowest BCUT2D eigenvalue weighted by atomic mass is 10.1. The standard InChI is InChI=1S/C24H26F3NO7/c1-31-12-10-28(11-13-32-2)14-18-19(29)9-8-17-20(30)22(23(24(25,26)27)35-21(17)18)34-16-6-4-15(33-3)5-7-16/h4-9,29H,10-14H2,1-3H3. The molecule has 0 saturated heterocycles. The van der Waals surface area contributed by atoms with Crippen molar-refractivity contribution >= 4 is 11.0 Å². The van der Waals surface area contributed by atoms with E-state index in [2.05, 4.69) is 0 Å². The van der Waals surface area contributed by atoms with Gasteiger partial charge in [-0.1, -0.05) is 0 Å². The van der Waals surface area contributed by atoms with Crippen LogP contribution in [0.25, 0.3) is 11.0 Å². The summed E-state index contributed by atoms with van der Waals surface area (Å²) in [6.07, 6.45) is -5.04. The van der Waals surface area contributed by atoms with Crippen molar-refractivity contribution in [2.45, 2.75) is 12.7 Å². The molecule has 0 spiro atoms. The number of fused-ring (bicyclic) bond motifs is 1. The predicted octanol–water partition coefficient (Wildman–Crippen LogP) is 4.41. The summed E-state index contributed by atoms with van der Waals surface area (Å²) < 4.78 is 67.7. The van der Waals surface area contributed by atoms with E-state index < -0.39 is 23.1 Å². The van der Waals surface area contributed by atoms with Gasteiger partial charge in [0.15, 0.2) is 0 Å². The van der Waals surface area contributed by atoms with Crippen LogP contribution in [0.1, 0.15) is 11.3 Å². The maximum Gasteiger partial charge on any atom is 0.453 e. The molecule has 0 atom stereocenters. The Bertz CT molecular complexity index is 1180. The van der Waals surface area contributed by atoms with E-state index >= 15 is 0 Å². The van der Waals surface area contributed by atoms with E-state index in [9.17, 15) is 23.1 Å². The molecule has 0 aliphatic heterocycles. The summed E-state index contributed by atoms with van der Waals surface area (Å²) in [5.41, 5.74) is -1.35. The molecule has 1 heterocycles. The van der Waals surface area contributed by atoms with E-state index in [4.69, 9.17) is 23.4 Å². The molecule has 0 aliphatic rings. The van der Waals surface area contributed by atoms with E-state index in [1.165, 1.54) is 57.7 Å². The lowest BCUT2D eigenvalue weighted by Gasteiger charge is -2.23. The van der Waals surface area contributed by atoms with Crippen LogP contribution in [0.4, 0.5) is 13.2 Å². The largest absolute Gasteiger partial charge is 0.507 e. The highest BCUT2D eigenvalue weighted by Gasteiger charge is 2.41. The molecule has 11 heteroatoms. The second kappa shape index (κ2) is 11.4. The smallest absolute Gasteiger partial charge is 0.453 e. The molecule has 8 nitrogen and oxygen atoms in total. The lowest BCUT2D eigenvalue weighted by molar-refractivity contribution is -0.154. The fourth-order valence-corrected chi connectivity index (χ4v) is 3.41. The van der Waals surface area contributed by atoms with Crippen LogP contribution >= 0.6 is 0 Å². The highest BCUT2D eigenvalue weighted by molar-refractivity contribution is 5.83. The Morgan fingerprint density at radius 3 is 2.09 bits per heavy atom. The molecular weight excluding hydrogens is 471 g/mol. The van der Waals surface area contributed by atoms with Crippen LogP contribution in [0.3, 0.4) is 0 Å². The fraction of sp³-hybridized carbons (Fsp3) is 0.375. The Balaban J connectivity index is 2.13. The van der Waals surface area contributed by atoms with Gasteiger partial charge in [-0.2, -0.15) is 13.2 Å². The van der Waals surface area contributed by atoms with Crippen LogP contribution < -0.4 is 14.9 Å². The van der Waals surface area contributed by atoms with Gasteiger partial charge in [0.1, 0.15) is 22.8 Å². The fourth-order valence-electron chi connectivity index (χ4n) is 3.41. The molecule has 35 heavy (non-hydrogen) atoms. The topological polar surface area (TPSA) is 90.6 Å². The molecule has 0 bridgehead atoms. The Morgan fingerprint density at radius 2 is 1.54 bits per heavy atom. The number of halogens is 3. The van der Waals surface area contributed by atoms with Gasteiger partial charge in [-0.3, -0.25) is 9.69 Å². The molecule has 1 N–H and O–H groups in total. The summed E-state index contributed by atoms with van der Waals surface area (Å²) in [6, 6.07) is 8.15. The van der Waals surface area contributed by atoms with Crippen LogP contribution in [-0.4, -0.2) is 57.6 Å². The van der Waals surface area contributed by atoms with Gasteiger partial charge < -0.3 is 28.5 Å². The van der Waals surface area contributed by atoms with Crippen molar-refractivity contribution < 1.29 is 41.6 Å². The summed E-state index contributed by atoms with van der Waals surface area (Å²) in [4.78, 5) is 15.0. The van der Waals surface area contributed by atoms with Gasteiger partial charge in [-0.05, 0) is 36.4 Å². The monoisotopic (exact) mass is 497 g/mol. The van der Waals surface area contributed by atoms with E-state index in [0.717, 1.165) is 0 Å². The van der Waals surface area contributed by atoms with Crippen LogP contribution in [-0.2, 0) is 22.2 Å². The maximum absolute atomic E-state index is 14.0. The Labute approximate surface area is 199 Å². The number of hydrogen-bond donors (Lipinski definition) is 1. The van der Waals surface area contributed by atoms with Crippen molar-refractivity contribution in [2.24, 2.45) is 0 Å². The molecule has 0 fully saturated rings. The van der Waals surface area contributed by atoms with E-state index in [1.54, 1.807) is 4.90 Å². The lowest BCUT2D eigenvalue weighted by Crippen LogP contribution is -2.30. The number of hydrogen-bond acceptors (Lipinski definition) is 8. The molecule has 190 valence electrons. The molecule has 3 aromatic rings. The van der Waals surface area contributed by atoms with Crippen molar-refractivity contribution in [1.29, 1.82) is 0 Å². The van der Waals surface area contributed by atoms with E-state index in [-0.39, 0.29) is 34.6 Å². The minimum Gasteiger partial charge on any atom is -0.507 e. The molecule has 0 unspecified atom stereocenters. The quantitative estimate of drug-likeness (QED) is 0.417. The summed E-state index contributed by atoms with van der Waals surface area (Å²) in [6.45, 7) is 1.49. The second-order valence-corrected chi connectivity index (χ2v) is 7.57. The Hall–Kier alpha value is -3.28. The first kappa shape index (κ1) is 26.3. The molecule has 2 aromatic carbocycles. The normalized spacial score (nSPS) is 11.9. The maximum atomic E-state index is 14.0. The van der Waals surface area contributed by atoms with Crippen LogP contribution in [0, 0.1) is 0 Å². The van der Waals surface area contributed by atoms with E-state index in [1.807, 2.05) is 0 Å². The number of phenolic OH excluding ortho intramolecular Hbond substituents is 1. The van der Waals surface area contributed by atoms with Crippen LogP contribution in [0.15, 0.2) is 45.6 Å². The van der Waals surface area contributed by atoms with Crippen molar-refractivity contribution in [2.75, 3.05) is 47.6 Å². The zero-order valence-corrected chi connectivity index (χ0v) is 19.5. The van der Waals surface area contributed by atoms with Gasteiger partial charge >= 0.3 is 6.18 Å². The zero-order valence-electron chi connectivity index (χ0n) is 19.5. The second-order valence-electron chi connectivity index (χ2n) is 7.57.